The van der Waals surface area contributed by atoms with E-state index in [1.54, 1.807) is 0 Å². The van der Waals surface area contributed by atoms with Gasteiger partial charge in [0.1, 0.15) is 0 Å². The first kappa shape index (κ1) is 15.7. The van der Waals surface area contributed by atoms with Crippen LogP contribution in [0.5, 0.6) is 0 Å². The summed E-state index contributed by atoms with van der Waals surface area (Å²) in [7, 11) is 0. The molecule has 0 spiro atoms. The zero-order valence-corrected chi connectivity index (χ0v) is 11.8. The van der Waals surface area contributed by atoms with Crippen LogP contribution < -0.4 is 11.1 Å². The number of carbonyl (C=O) groups is 1. The van der Waals surface area contributed by atoms with Gasteiger partial charge in [-0.15, -0.1) is 0 Å². The zero-order chi connectivity index (χ0) is 14.1. The van der Waals surface area contributed by atoms with Crippen molar-refractivity contribution in [1.82, 2.24) is 5.32 Å². The molecule has 0 aromatic heterocycles. The van der Waals surface area contributed by atoms with Crippen LogP contribution in [0.25, 0.3) is 0 Å². The molecule has 2 atom stereocenters. The lowest BCUT2D eigenvalue weighted by atomic mass is 10.1. The standard InChI is InChI=1S/C15H24N2O2/c1-3-7-14(16)15(18)17-12(2)10-19-11-13-8-5-4-6-9-13/h4-6,8-9,12,14H,3,7,10-11,16H2,1-2H3,(H,17,18). The molecule has 0 radical (unpaired) electrons. The van der Waals surface area contributed by atoms with Crippen LogP contribution in [0.1, 0.15) is 32.3 Å². The third kappa shape index (κ3) is 6.36. The highest BCUT2D eigenvalue weighted by Gasteiger charge is 2.14. The van der Waals surface area contributed by atoms with E-state index >= 15 is 0 Å². The molecular weight excluding hydrogens is 240 g/mol. The highest BCUT2D eigenvalue weighted by Crippen LogP contribution is 2.01. The van der Waals surface area contributed by atoms with Crippen molar-refractivity contribution in [1.29, 1.82) is 0 Å². The second-order valence-electron chi connectivity index (χ2n) is 4.81. The number of carbonyl (C=O) groups excluding carboxylic acids is 1. The quantitative estimate of drug-likeness (QED) is 0.753. The Hall–Kier alpha value is -1.39. The lowest BCUT2D eigenvalue weighted by Gasteiger charge is -2.17. The normalized spacial score (nSPS) is 13.8. The van der Waals surface area contributed by atoms with Crippen LogP contribution in [-0.2, 0) is 16.1 Å². The van der Waals surface area contributed by atoms with Crippen molar-refractivity contribution < 1.29 is 9.53 Å². The van der Waals surface area contributed by atoms with Crippen LogP contribution in [0.15, 0.2) is 30.3 Å². The lowest BCUT2D eigenvalue weighted by Crippen LogP contribution is -2.45. The summed E-state index contributed by atoms with van der Waals surface area (Å²) in [6, 6.07) is 9.52. The Bertz CT molecular complexity index is 368. The van der Waals surface area contributed by atoms with E-state index in [1.165, 1.54) is 0 Å². The third-order valence-electron chi connectivity index (χ3n) is 2.80. The Morgan fingerprint density at radius 1 is 1.37 bits per heavy atom. The molecule has 19 heavy (non-hydrogen) atoms. The van der Waals surface area contributed by atoms with Crippen molar-refractivity contribution in [3.8, 4) is 0 Å². The second-order valence-corrected chi connectivity index (χ2v) is 4.81. The number of amides is 1. The second kappa shape index (κ2) is 8.67. The first-order valence-electron chi connectivity index (χ1n) is 6.81. The van der Waals surface area contributed by atoms with Crippen LogP contribution in [0.2, 0.25) is 0 Å². The van der Waals surface area contributed by atoms with E-state index in [4.69, 9.17) is 10.5 Å². The molecule has 1 aromatic carbocycles. The van der Waals surface area contributed by atoms with Gasteiger partial charge in [-0.25, -0.2) is 0 Å². The van der Waals surface area contributed by atoms with Crippen LogP contribution in [-0.4, -0.2) is 24.6 Å². The Morgan fingerprint density at radius 2 is 2.05 bits per heavy atom. The van der Waals surface area contributed by atoms with E-state index in [-0.39, 0.29) is 11.9 Å². The molecule has 1 amide bonds. The summed E-state index contributed by atoms with van der Waals surface area (Å²) < 4.78 is 5.57. The highest BCUT2D eigenvalue weighted by atomic mass is 16.5. The molecule has 1 rings (SSSR count). The van der Waals surface area contributed by atoms with E-state index in [1.807, 2.05) is 44.2 Å². The molecule has 0 fully saturated rings. The molecular formula is C15H24N2O2. The summed E-state index contributed by atoms with van der Waals surface area (Å²) in [5.74, 6) is -0.0994. The van der Waals surface area contributed by atoms with Gasteiger partial charge in [-0.1, -0.05) is 43.7 Å². The van der Waals surface area contributed by atoms with Gasteiger partial charge in [0.05, 0.1) is 19.3 Å². The molecule has 4 heteroatoms. The molecule has 2 unspecified atom stereocenters. The number of hydrogen-bond donors (Lipinski definition) is 2. The molecule has 106 valence electrons. The largest absolute Gasteiger partial charge is 0.375 e. The summed E-state index contributed by atoms with van der Waals surface area (Å²) >= 11 is 0. The first-order chi connectivity index (χ1) is 9.13. The van der Waals surface area contributed by atoms with Gasteiger partial charge >= 0.3 is 0 Å². The molecule has 0 aliphatic heterocycles. The van der Waals surface area contributed by atoms with Crippen LogP contribution in [0.3, 0.4) is 0 Å². The molecule has 0 bridgehead atoms. The Kier molecular flexibility index (Phi) is 7.15. The fraction of sp³-hybridized carbons (Fsp3) is 0.533. The van der Waals surface area contributed by atoms with E-state index in [2.05, 4.69) is 5.32 Å². The average Bonchev–Trinajstić information content (AvgIpc) is 2.40. The van der Waals surface area contributed by atoms with Crippen molar-refractivity contribution in [2.45, 2.75) is 45.4 Å². The highest BCUT2D eigenvalue weighted by molar-refractivity contribution is 5.81. The van der Waals surface area contributed by atoms with Crippen LogP contribution >= 0.6 is 0 Å². The number of nitrogens with one attached hydrogen (secondary N) is 1. The molecule has 3 N–H and O–H groups in total. The molecule has 0 heterocycles. The van der Waals surface area contributed by atoms with Crippen molar-refractivity contribution in [2.75, 3.05) is 6.61 Å². The van der Waals surface area contributed by atoms with Gasteiger partial charge in [-0.3, -0.25) is 4.79 Å². The predicted octanol–water partition coefficient (Wildman–Crippen LogP) is 1.84. The molecule has 0 saturated carbocycles. The molecule has 0 aliphatic carbocycles. The number of benzene rings is 1. The summed E-state index contributed by atoms with van der Waals surface area (Å²) in [5, 5.41) is 2.86. The van der Waals surface area contributed by atoms with Gasteiger partial charge < -0.3 is 15.8 Å². The predicted molar refractivity (Wildman–Crippen MR) is 76.6 cm³/mol. The van der Waals surface area contributed by atoms with E-state index in [0.29, 0.717) is 19.6 Å². The molecule has 0 aliphatic rings. The van der Waals surface area contributed by atoms with Crippen molar-refractivity contribution in [3.05, 3.63) is 35.9 Å². The van der Waals surface area contributed by atoms with E-state index in [0.717, 1.165) is 12.0 Å². The van der Waals surface area contributed by atoms with Crippen molar-refractivity contribution in [2.24, 2.45) is 5.73 Å². The molecule has 0 saturated heterocycles. The topological polar surface area (TPSA) is 64.4 Å². The maximum absolute atomic E-state index is 11.7. The minimum absolute atomic E-state index is 0.0286. The minimum Gasteiger partial charge on any atom is -0.375 e. The third-order valence-corrected chi connectivity index (χ3v) is 2.80. The molecule has 1 aromatic rings. The van der Waals surface area contributed by atoms with Crippen LogP contribution in [0.4, 0.5) is 0 Å². The van der Waals surface area contributed by atoms with Gasteiger partial charge in [0.15, 0.2) is 0 Å². The summed E-state index contributed by atoms with van der Waals surface area (Å²) in [6.07, 6.45) is 1.62. The Balaban J connectivity index is 2.21. The number of hydrogen-bond acceptors (Lipinski definition) is 3. The van der Waals surface area contributed by atoms with Crippen molar-refractivity contribution >= 4 is 5.91 Å². The maximum atomic E-state index is 11.7. The SMILES string of the molecule is CCCC(N)C(=O)NC(C)COCc1ccccc1. The first-order valence-corrected chi connectivity index (χ1v) is 6.81. The fourth-order valence-electron chi connectivity index (χ4n) is 1.76. The smallest absolute Gasteiger partial charge is 0.237 e. The maximum Gasteiger partial charge on any atom is 0.237 e. The van der Waals surface area contributed by atoms with Crippen LogP contribution in [0, 0.1) is 0 Å². The fourth-order valence-corrected chi connectivity index (χ4v) is 1.76. The number of ether oxygens (including phenoxy) is 1. The lowest BCUT2D eigenvalue weighted by molar-refractivity contribution is -0.123. The number of rotatable bonds is 8. The average molecular weight is 264 g/mol. The molecule has 4 nitrogen and oxygen atoms in total. The van der Waals surface area contributed by atoms with Gasteiger partial charge in [-0.05, 0) is 18.9 Å². The zero-order valence-electron chi connectivity index (χ0n) is 11.8. The summed E-state index contributed by atoms with van der Waals surface area (Å²) in [5.41, 5.74) is 6.87. The summed E-state index contributed by atoms with van der Waals surface area (Å²) in [6.45, 7) is 4.97. The van der Waals surface area contributed by atoms with Gasteiger partial charge in [-0.2, -0.15) is 0 Å². The summed E-state index contributed by atoms with van der Waals surface area (Å²) in [4.78, 5) is 11.7. The number of nitrogens with two attached hydrogens (primary N) is 1. The Morgan fingerprint density at radius 3 is 2.68 bits per heavy atom. The van der Waals surface area contributed by atoms with Crippen molar-refractivity contribution in [3.63, 3.8) is 0 Å². The van der Waals surface area contributed by atoms with E-state index in [9.17, 15) is 4.79 Å². The van der Waals surface area contributed by atoms with Gasteiger partial charge in [0.25, 0.3) is 0 Å². The van der Waals surface area contributed by atoms with Gasteiger partial charge in [0.2, 0.25) is 5.91 Å². The minimum atomic E-state index is -0.415. The Labute approximate surface area is 115 Å². The van der Waals surface area contributed by atoms with Gasteiger partial charge in [0, 0.05) is 6.04 Å². The monoisotopic (exact) mass is 264 g/mol. The van der Waals surface area contributed by atoms with E-state index < -0.39 is 6.04 Å².